The summed E-state index contributed by atoms with van der Waals surface area (Å²) in [5.74, 6) is 0.351. The summed E-state index contributed by atoms with van der Waals surface area (Å²) in [7, 11) is 0. The largest absolute Gasteiger partial charge is 0.434 e. The molecule has 0 bridgehead atoms. The van der Waals surface area contributed by atoms with Crippen LogP contribution in [0.15, 0.2) is 30.5 Å². The van der Waals surface area contributed by atoms with Gasteiger partial charge in [-0.1, -0.05) is 0 Å². The number of carbonyl (C=O) groups is 1. The number of alkyl halides is 2. The molecule has 0 saturated heterocycles. The lowest BCUT2D eigenvalue weighted by Crippen LogP contribution is -2.34. The highest BCUT2D eigenvalue weighted by atomic mass is 19.3. The lowest BCUT2D eigenvalue weighted by molar-refractivity contribution is -0.0501. The Bertz CT molecular complexity index is 1190. The summed E-state index contributed by atoms with van der Waals surface area (Å²) in [6.45, 7) is -1.02. The molecule has 3 N–H and O–H groups in total. The zero-order chi connectivity index (χ0) is 21.9. The Labute approximate surface area is 177 Å². The van der Waals surface area contributed by atoms with E-state index in [1.54, 1.807) is 23.2 Å². The van der Waals surface area contributed by atoms with Gasteiger partial charge in [-0.15, -0.1) is 0 Å². The molecule has 1 atom stereocenters. The number of halogens is 2. The van der Waals surface area contributed by atoms with Crippen LogP contribution in [0.2, 0.25) is 0 Å². The van der Waals surface area contributed by atoms with E-state index in [9.17, 15) is 18.7 Å². The summed E-state index contributed by atoms with van der Waals surface area (Å²) in [5, 5.41) is 10.4. The Morgan fingerprint density at radius 3 is 2.77 bits per heavy atom. The molecule has 7 nitrogen and oxygen atoms in total. The maximum Gasteiger partial charge on any atom is 0.387 e. The zero-order valence-electron chi connectivity index (χ0n) is 16.9. The number of benzene rings is 1. The van der Waals surface area contributed by atoms with Crippen molar-refractivity contribution in [2.24, 2.45) is 5.92 Å². The van der Waals surface area contributed by atoms with Crippen molar-refractivity contribution >= 4 is 22.8 Å². The van der Waals surface area contributed by atoms with Crippen LogP contribution in [0.25, 0.3) is 22.2 Å². The van der Waals surface area contributed by atoms with E-state index in [2.05, 4.69) is 4.98 Å². The molecule has 9 heteroatoms. The third-order valence-electron chi connectivity index (χ3n) is 6.22. The van der Waals surface area contributed by atoms with E-state index in [4.69, 9.17) is 10.5 Å². The van der Waals surface area contributed by atoms with Gasteiger partial charge in [-0.3, -0.25) is 4.79 Å². The molecular weight excluding hydrogens is 406 g/mol. The fourth-order valence-corrected chi connectivity index (χ4v) is 4.46. The first-order valence-corrected chi connectivity index (χ1v) is 10.2. The molecule has 31 heavy (non-hydrogen) atoms. The third-order valence-corrected chi connectivity index (χ3v) is 6.22. The van der Waals surface area contributed by atoms with Gasteiger partial charge >= 0.3 is 6.61 Å². The lowest BCUT2D eigenvalue weighted by atomic mass is 9.99. The molecule has 0 unspecified atom stereocenters. The van der Waals surface area contributed by atoms with Gasteiger partial charge in [-0.2, -0.15) is 8.78 Å². The second-order valence-corrected chi connectivity index (χ2v) is 8.16. The maximum atomic E-state index is 13.2. The van der Waals surface area contributed by atoms with Crippen LogP contribution in [0.1, 0.15) is 35.7 Å². The quantitative estimate of drug-likeness (QED) is 0.626. The van der Waals surface area contributed by atoms with Gasteiger partial charge in [-0.05, 0) is 61.1 Å². The Hall–Kier alpha value is -3.20. The molecule has 2 aromatic heterocycles. The third kappa shape index (κ3) is 3.29. The number of anilines is 1. The first-order valence-electron chi connectivity index (χ1n) is 10.2. The van der Waals surface area contributed by atoms with Crippen molar-refractivity contribution in [2.45, 2.75) is 45.7 Å². The average Bonchev–Trinajstić information content (AvgIpc) is 3.44. The second kappa shape index (κ2) is 7.19. The topological polar surface area (TPSA) is 93.6 Å². The Kier molecular flexibility index (Phi) is 4.58. The van der Waals surface area contributed by atoms with Crippen molar-refractivity contribution in [3.63, 3.8) is 0 Å². The van der Waals surface area contributed by atoms with Crippen molar-refractivity contribution in [3.05, 3.63) is 41.6 Å². The summed E-state index contributed by atoms with van der Waals surface area (Å²) < 4.78 is 32.7. The van der Waals surface area contributed by atoms with E-state index >= 15 is 0 Å². The highest BCUT2D eigenvalue weighted by Gasteiger charge is 2.40. The van der Waals surface area contributed by atoms with Crippen LogP contribution in [0.5, 0.6) is 5.75 Å². The van der Waals surface area contributed by atoms with Crippen LogP contribution in [-0.4, -0.2) is 38.1 Å². The number of amides is 1. The van der Waals surface area contributed by atoms with Gasteiger partial charge in [0.05, 0.1) is 5.56 Å². The number of hydrogen-bond acceptors (Lipinski definition) is 5. The SMILES string of the molecule is C[C@@H](C1CC1)N1Cc2cc(-c3cn(CO)c4nc(N)ccc34)cc(OC(F)F)c2C1=O. The second-order valence-electron chi connectivity index (χ2n) is 8.16. The number of rotatable bonds is 6. The number of hydrogen-bond donors (Lipinski definition) is 2. The fraction of sp³-hybridized carbons (Fsp3) is 0.364. The minimum atomic E-state index is -3.05. The van der Waals surface area contributed by atoms with E-state index in [-0.39, 0.29) is 30.0 Å². The number of nitrogen functional groups attached to an aromatic ring is 1. The minimum absolute atomic E-state index is 0.0474. The molecule has 1 amide bonds. The standard InChI is InChI=1S/C22H22F2N4O3/c1-11(12-2-3-12)28-8-14-6-13(7-17(31-22(23)24)19(14)21(28)30)16-9-27(10-29)20-15(16)4-5-18(25)26-20/h4-7,9,11-12,22,29H,2-3,8,10H2,1H3,(H2,25,26)/t11-/m0/s1. The molecule has 0 radical (unpaired) electrons. The smallest absolute Gasteiger partial charge is 0.387 e. The number of aliphatic hydroxyl groups is 1. The van der Waals surface area contributed by atoms with Gasteiger partial charge in [0.2, 0.25) is 0 Å². The van der Waals surface area contributed by atoms with Gasteiger partial charge in [0.15, 0.2) is 0 Å². The predicted octanol–water partition coefficient (Wildman–Crippen LogP) is 3.59. The van der Waals surface area contributed by atoms with E-state index in [1.807, 2.05) is 13.0 Å². The Morgan fingerprint density at radius 2 is 2.10 bits per heavy atom. The number of fused-ring (bicyclic) bond motifs is 2. The van der Waals surface area contributed by atoms with Crippen molar-refractivity contribution < 1.29 is 23.4 Å². The van der Waals surface area contributed by atoms with Gasteiger partial charge in [0, 0.05) is 29.7 Å². The number of aliphatic hydroxyl groups excluding tert-OH is 1. The molecule has 1 fully saturated rings. The first-order chi connectivity index (χ1) is 14.9. The van der Waals surface area contributed by atoms with Gasteiger partial charge in [-0.25, -0.2) is 4.98 Å². The minimum Gasteiger partial charge on any atom is -0.434 e. The van der Waals surface area contributed by atoms with Crippen LogP contribution >= 0.6 is 0 Å². The normalized spacial score (nSPS) is 16.9. The highest BCUT2D eigenvalue weighted by Crippen LogP contribution is 2.43. The molecule has 1 aliphatic carbocycles. The van der Waals surface area contributed by atoms with E-state index in [0.717, 1.165) is 12.8 Å². The molecular formula is C22H22F2N4O3. The molecule has 1 aromatic carbocycles. The Morgan fingerprint density at radius 1 is 1.32 bits per heavy atom. The fourth-order valence-electron chi connectivity index (χ4n) is 4.46. The summed E-state index contributed by atoms with van der Waals surface area (Å²) in [5.41, 5.74) is 8.40. The van der Waals surface area contributed by atoms with Crippen LogP contribution in [0.3, 0.4) is 0 Å². The first kappa shape index (κ1) is 19.7. The number of carbonyl (C=O) groups excluding carboxylic acids is 1. The van der Waals surface area contributed by atoms with Crippen LogP contribution in [0.4, 0.5) is 14.6 Å². The maximum absolute atomic E-state index is 13.2. The van der Waals surface area contributed by atoms with Crippen LogP contribution < -0.4 is 10.5 Å². The average molecular weight is 428 g/mol. The molecule has 1 aliphatic heterocycles. The zero-order valence-corrected chi connectivity index (χ0v) is 16.9. The van der Waals surface area contributed by atoms with E-state index in [0.29, 0.717) is 46.0 Å². The van der Waals surface area contributed by atoms with Crippen molar-refractivity contribution in [1.82, 2.24) is 14.5 Å². The lowest BCUT2D eigenvalue weighted by Gasteiger charge is -2.24. The van der Waals surface area contributed by atoms with E-state index < -0.39 is 6.61 Å². The molecule has 3 aromatic rings. The summed E-state index contributed by atoms with van der Waals surface area (Å²) >= 11 is 0. The van der Waals surface area contributed by atoms with Gasteiger partial charge < -0.3 is 25.0 Å². The molecule has 0 spiro atoms. The molecule has 5 rings (SSSR count). The monoisotopic (exact) mass is 428 g/mol. The van der Waals surface area contributed by atoms with E-state index in [1.165, 1.54) is 10.6 Å². The molecule has 2 aliphatic rings. The number of aromatic nitrogens is 2. The summed E-state index contributed by atoms with van der Waals surface area (Å²) in [4.78, 5) is 19.1. The van der Waals surface area contributed by atoms with Gasteiger partial charge in [0.25, 0.3) is 5.91 Å². The molecule has 3 heterocycles. The summed E-state index contributed by atoms with van der Waals surface area (Å²) in [6, 6.07) is 6.75. The summed E-state index contributed by atoms with van der Waals surface area (Å²) in [6.07, 6.45) is 3.83. The highest BCUT2D eigenvalue weighted by molar-refractivity contribution is 6.03. The number of nitrogens with zero attached hydrogens (tertiary/aromatic N) is 3. The number of ether oxygens (including phenoxy) is 1. The van der Waals surface area contributed by atoms with Crippen molar-refractivity contribution in [2.75, 3.05) is 5.73 Å². The van der Waals surface area contributed by atoms with Gasteiger partial charge in [0.1, 0.15) is 23.9 Å². The predicted molar refractivity (Wildman–Crippen MR) is 110 cm³/mol. The van der Waals surface area contributed by atoms with Crippen molar-refractivity contribution in [3.8, 4) is 16.9 Å². The molecule has 162 valence electrons. The van der Waals surface area contributed by atoms with Crippen LogP contribution in [0, 0.1) is 5.92 Å². The van der Waals surface area contributed by atoms with Crippen molar-refractivity contribution in [1.29, 1.82) is 0 Å². The molecule has 1 saturated carbocycles. The number of pyridine rings is 1. The Balaban J connectivity index is 1.65. The number of nitrogens with two attached hydrogens (primary N) is 1. The van der Waals surface area contributed by atoms with Crippen LogP contribution in [-0.2, 0) is 13.3 Å².